The van der Waals surface area contributed by atoms with Gasteiger partial charge in [-0.05, 0) is 48.2 Å². The molecule has 0 aromatic heterocycles. The van der Waals surface area contributed by atoms with Gasteiger partial charge in [0.1, 0.15) is 0 Å². The van der Waals surface area contributed by atoms with Crippen LogP contribution in [0.25, 0.3) is 0 Å². The quantitative estimate of drug-likeness (QED) is 0.400. The summed E-state index contributed by atoms with van der Waals surface area (Å²) >= 11 is 0. The van der Waals surface area contributed by atoms with Crippen molar-refractivity contribution < 1.29 is 0 Å². The van der Waals surface area contributed by atoms with E-state index in [1.807, 2.05) is 30.5 Å². The molecule has 0 saturated carbocycles. The van der Waals surface area contributed by atoms with Gasteiger partial charge in [-0.3, -0.25) is 4.99 Å². The number of unbranched alkanes of at least 4 members (excludes halogenated alkanes) is 5. The molecule has 0 aliphatic carbocycles. The Bertz CT molecular complexity index is 661. The molecule has 0 aliphatic rings. The van der Waals surface area contributed by atoms with E-state index >= 15 is 0 Å². The molecule has 124 valence electrons. The zero-order valence-electron chi connectivity index (χ0n) is 14.5. The van der Waals surface area contributed by atoms with Gasteiger partial charge in [-0.2, -0.15) is 5.26 Å². The summed E-state index contributed by atoms with van der Waals surface area (Å²) in [6, 6.07) is 18.1. The summed E-state index contributed by atoms with van der Waals surface area (Å²) in [7, 11) is 0. The van der Waals surface area contributed by atoms with Crippen LogP contribution in [0.5, 0.6) is 0 Å². The number of aliphatic imine (C=N–C) groups is 1. The second-order valence-electron chi connectivity index (χ2n) is 6.18. The first-order valence-corrected chi connectivity index (χ1v) is 8.95. The highest BCUT2D eigenvalue weighted by Crippen LogP contribution is 2.16. The van der Waals surface area contributed by atoms with Gasteiger partial charge in [-0.15, -0.1) is 0 Å². The molecule has 0 unspecified atom stereocenters. The lowest BCUT2D eigenvalue weighted by molar-refractivity contribution is 0.607. The largest absolute Gasteiger partial charge is 0.256 e. The molecule has 0 heterocycles. The van der Waals surface area contributed by atoms with E-state index in [2.05, 4.69) is 42.3 Å². The highest BCUT2D eigenvalue weighted by molar-refractivity contribution is 5.82. The molecule has 2 nitrogen and oxygen atoms in total. The Morgan fingerprint density at radius 1 is 0.875 bits per heavy atom. The van der Waals surface area contributed by atoms with Crippen molar-refractivity contribution in [3.05, 3.63) is 65.2 Å². The third kappa shape index (κ3) is 6.38. The fraction of sp³-hybridized carbons (Fsp3) is 0.364. The molecular formula is C22H26N2. The Morgan fingerprint density at radius 3 is 2.21 bits per heavy atom. The van der Waals surface area contributed by atoms with Gasteiger partial charge in [-0.25, -0.2) is 0 Å². The number of rotatable bonds is 9. The van der Waals surface area contributed by atoms with Crippen molar-refractivity contribution in [3.63, 3.8) is 0 Å². The van der Waals surface area contributed by atoms with E-state index < -0.39 is 0 Å². The predicted molar refractivity (Wildman–Crippen MR) is 102 cm³/mol. The summed E-state index contributed by atoms with van der Waals surface area (Å²) in [6.45, 7) is 2.26. The second-order valence-corrected chi connectivity index (χ2v) is 6.18. The van der Waals surface area contributed by atoms with Gasteiger partial charge in [0.2, 0.25) is 0 Å². The molecule has 0 atom stereocenters. The van der Waals surface area contributed by atoms with Crippen molar-refractivity contribution in [2.45, 2.75) is 51.9 Å². The molecule has 0 bridgehead atoms. The van der Waals surface area contributed by atoms with Crippen LogP contribution < -0.4 is 0 Å². The summed E-state index contributed by atoms with van der Waals surface area (Å²) in [5, 5.41) is 8.79. The lowest BCUT2D eigenvalue weighted by Gasteiger charge is -2.02. The second kappa shape index (κ2) is 10.4. The molecule has 0 aliphatic heterocycles. The van der Waals surface area contributed by atoms with E-state index in [0.717, 1.165) is 17.7 Å². The highest BCUT2D eigenvalue weighted by Gasteiger charge is 1.96. The molecule has 0 N–H and O–H groups in total. The minimum atomic E-state index is 0.672. The van der Waals surface area contributed by atoms with E-state index in [4.69, 9.17) is 5.26 Å². The summed E-state index contributed by atoms with van der Waals surface area (Å²) < 4.78 is 0. The first-order valence-electron chi connectivity index (χ1n) is 8.95. The Hall–Kier alpha value is -2.40. The van der Waals surface area contributed by atoms with Crippen LogP contribution >= 0.6 is 0 Å². The standard InChI is InChI=1S/C22H26N2/c1-2-3-4-5-6-7-8-19-13-15-22(16-14-19)24-18-21-11-9-20(17-23)10-12-21/h9-16,18H,2-8H2,1H3/b24-18+. The lowest BCUT2D eigenvalue weighted by Crippen LogP contribution is -1.86. The van der Waals surface area contributed by atoms with E-state index in [1.165, 1.54) is 44.1 Å². The van der Waals surface area contributed by atoms with Crippen molar-refractivity contribution >= 4 is 11.9 Å². The average molecular weight is 318 g/mol. The van der Waals surface area contributed by atoms with Crippen LogP contribution in [0.3, 0.4) is 0 Å². The normalized spacial score (nSPS) is 10.8. The van der Waals surface area contributed by atoms with Crippen LogP contribution in [0.15, 0.2) is 53.5 Å². The Morgan fingerprint density at radius 2 is 1.54 bits per heavy atom. The molecule has 24 heavy (non-hydrogen) atoms. The van der Waals surface area contributed by atoms with Crippen LogP contribution in [0.4, 0.5) is 5.69 Å². The average Bonchev–Trinajstić information content (AvgIpc) is 2.64. The minimum Gasteiger partial charge on any atom is -0.256 e. The van der Waals surface area contributed by atoms with Gasteiger partial charge < -0.3 is 0 Å². The van der Waals surface area contributed by atoms with Crippen LogP contribution in [0.1, 0.15) is 62.1 Å². The van der Waals surface area contributed by atoms with E-state index in [0.29, 0.717) is 5.56 Å². The molecule has 0 saturated heterocycles. The van der Waals surface area contributed by atoms with Crippen molar-refractivity contribution in [2.24, 2.45) is 4.99 Å². The number of nitrogens with zero attached hydrogens (tertiary/aromatic N) is 2. The SMILES string of the molecule is CCCCCCCCc1ccc(/N=C/c2ccc(C#N)cc2)cc1. The van der Waals surface area contributed by atoms with E-state index in [-0.39, 0.29) is 0 Å². The molecule has 2 aromatic rings. The predicted octanol–water partition coefficient (Wildman–Crippen LogP) is 6.21. The zero-order chi connectivity index (χ0) is 17.0. The topological polar surface area (TPSA) is 36.1 Å². The molecular weight excluding hydrogens is 292 g/mol. The summed E-state index contributed by atoms with van der Waals surface area (Å²) in [5.74, 6) is 0. The highest BCUT2D eigenvalue weighted by atomic mass is 14.7. The number of hydrogen-bond acceptors (Lipinski definition) is 2. The minimum absolute atomic E-state index is 0.672. The number of aryl methyl sites for hydroxylation is 1. The van der Waals surface area contributed by atoms with Crippen LogP contribution in [-0.2, 0) is 6.42 Å². The maximum Gasteiger partial charge on any atom is 0.0991 e. The van der Waals surface area contributed by atoms with Gasteiger partial charge in [-0.1, -0.05) is 63.3 Å². The van der Waals surface area contributed by atoms with Gasteiger partial charge in [0.25, 0.3) is 0 Å². The molecule has 0 amide bonds. The van der Waals surface area contributed by atoms with Crippen LogP contribution in [0.2, 0.25) is 0 Å². The molecule has 2 rings (SSSR count). The van der Waals surface area contributed by atoms with Crippen molar-refractivity contribution in [1.29, 1.82) is 5.26 Å². The van der Waals surface area contributed by atoms with Gasteiger partial charge in [0.05, 0.1) is 17.3 Å². The summed E-state index contributed by atoms with van der Waals surface area (Å²) in [5.41, 5.74) is 4.03. The van der Waals surface area contributed by atoms with E-state index in [1.54, 1.807) is 0 Å². The summed E-state index contributed by atoms with van der Waals surface area (Å²) in [6.07, 6.45) is 11.0. The van der Waals surface area contributed by atoms with Crippen LogP contribution in [0, 0.1) is 11.3 Å². The van der Waals surface area contributed by atoms with Gasteiger partial charge in [0, 0.05) is 6.21 Å². The summed E-state index contributed by atoms with van der Waals surface area (Å²) in [4.78, 5) is 4.50. The maximum absolute atomic E-state index is 8.79. The monoisotopic (exact) mass is 318 g/mol. The molecule has 0 radical (unpaired) electrons. The molecule has 2 aromatic carbocycles. The molecule has 2 heteroatoms. The van der Waals surface area contributed by atoms with Crippen LogP contribution in [-0.4, -0.2) is 6.21 Å². The number of hydrogen-bond donors (Lipinski definition) is 0. The number of nitriles is 1. The Balaban J connectivity index is 1.78. The Labute approximate surface area is 145 Å². The smallest absolute Gasteiger partial charge is 0.0991 e. The fourth-order valence-electron chi connectivity index (χ4n) is 2.65. The third-order valence-electron chi connectivity index (χ3n) is 4.16. The third-order valence-corrected chi connectivity index (χ3v) is 4.16. The van der Waals surface area contributed by atoms with E-state index in [9.17, 15) is 0 Å². The number of benzene rings is 2. The van der Waals surface area contributed by atoms with Crippen molar-refractivity contribution in [2.75, 3.05) is 0 Å². The lowest BCUT2D eigenvalue weighted by atomic mass is 10.0. The maximum atomic E-state index is 8.79. The van der Waals surface area contributed by atoms with Gasteiger partial charge >= 0.3 is 0 Å². The van der Waals surface area contributed by atoms with Gasteiger partial charge in [0.15, 0.2) is 0 Å². The molecule has 0 spiro atoms. The first-order chi connectivity index (χ1) is 11.8. The fourth-order valence-corrected chi connectivity index (χ4v) is 2.65. The Kier molecular flexibility index (Phi) is 7.77. The van der Waals surface area contributed by atoms with Crippen molar-refractivity contribution in [1.82, 2.24) is 0 Å². The zero-order valence-corrected chi connectivity index (χ0v) is 14.5. The molecule has 0 fully saturated rings. The first kappa shape index (κ1) is 17.9. The van der Waals surface area contributed by atoms with Crippen molar-refractivity contribution in [3.8, 4) is 6.07 Å².